The Hall–Kier alpha value is -2.82. The van der Waals surface area contributed by atoms with Gasteiger partial charge in [-0.25, -0.2) is 0 Å². The number of hydrogen-bond donors (Lipinski definition) is 0. The lowest BCUT2D eigenvalue weighted by molar-refractivity contribution is -0.160. The summed E-state index contributed by atoms with van der Waals surface area (Å²) in [5.74, 6) is 0.0379. The third kappa shape index (κ3) is 2.85. The largest absolute Gasteiger partial charge is 0.497 e. The lowest BCUT2D eigenvalue weighted by Gasteiger charge is -2.46. The maximum absolute atomic E-state index is 12.5. The van der Waals surface area contributed by atoms with Crippen molar-refractivity contribution in [2.45, 2.75) is 26.0 Å². The summed E-state index contributed by atoms with van der Waals surface area (Å²) < 4.78 is 10.4. The molecule has 24 heavy (non-hydrogen) atoms. The fourth-order valence-electron chi connectivity index (χ4n) is 2.87. The summed E-state index contributed by atoms with van der Waals surface area (Å²) in [6, 6.07) is 14.8. The van der Waals surface area contributed by atoms with Gasteiger partial charge in [-0.15, -0.1) is 0 Å². The number of hydrogen-bond acceptors (Lipinski definition) is 4. The minimum absolute atomic E-state index is 0.221. The van der Waals surface area contributed by atoms with Gasteiger partial charge in [-0.2, -0.15) is 0 Å². The summed E-state index contributed by atoms with van der Waals surface area (Å²) >= 11 is 0. The van der Waals surface area contributed by atoms with Gasteiger partial charge >= 0.3 is 5.97 Å². The molecule has 5 heteroatoms. The van der Waals surface area contributed by atoms with E-state index in [4.69, 9.17) is 9.47 Å². The second-order valence-electron chi connectivity index (χ2n) is 5.79. The summed E-state index contributed by atoms with van der Waals surface area (Å²) in [5, 5.41) is 0. The van der Waals surface area contributed by atoms with E-state index in [1.54, 1.807) is 24.1 Å². The van der Waals surface area contributed by atoms with Crippen molar-refractivity contribution in [1.29, 1.82) is 0 Å². The second kappa shape index (κ2) is 6.35. The van der Waals surface area contributed by atoms with Gasteiger partial charge in [-0.1, -0.05) is 29.8 Å². The van der Waals surface area contributed by atoms with Gasteiger partial charge in [0.2, 0.25) is 6.10 Å². The standard InChI is InChI=1S/C19H19NO4/c1-12-4-6-14(7-5-12)17-18(24-13(2)21)19(22)20(17)15-8-10-16(23-3)11-9-15/h4-11,17-18H,1-3H3/t17-,18+/m0/s1. The normalized spacial score (nSPS) is 19.6. The first-order valence-corrected chi connectivity index (χ1v) is 7.72. The highest BCUT2D eigenvalue weighted by Crippen LogP contribution is 2.41. The molecule has 0 saturated carbocycles. The van der Waals surface area contributed by atoms with E-state index in [1.165, 1.54) is 6.92 Å². The zero-order valence-electron chi connectivity index (χ0n) is 13.9. The maximum atomic E-state index is 12.5. The van der Waals surface area contributed by atoms with Crippen molar-refractivity contribution in [3.8, 4) is 5.75 Å². The van der Waals surface area contributed by atoms with Gasteiger partial charge < -0.3 is 9.47 Å². The van der Waals surface area contributed by atoms with Gasteiger partial charge in [-0.05, 0) is 36.8 Å². The van der Waals surface area contributed by atoms with Crippen molar-refractivity contribution in [3.05, 3.63) is 59.7 Å². The van der Waals surface area contributed by atoms with Crippen LogP contribution < -0.4 is 9.64 Å². The Morgan fingerprint density at radius 3 is 2.21 bits per heavy atom. The van der Waals surface area contributed by atoms with Gasteiger partial charge in [0.1, 0.15) is 11.8 Å². The molecule has 0 bridgehead atoms. The van der Waals surface area contributed by atoms with E-state index in [0.29, 0.717) is 0 Å². The molecule has 1 aliphatic rings. The molecule has 1 heterocycles. The molecule has 124 valence electrons. The molecule has 0 spiro atoms. The van der Waals surface area contributed by atoms with Crippen LogP contribution in [-0.2, 0) is 14.3 Å². The number of anilines is 1. The highest BCUT2D eigenvalue weighted by Gasteiger charge is 2.51. The molecule has 3 rings (SSSR count). The van der Waals surface area contributed by atoms with Crippen LogP contribution in [0, 0.1) is 6.92 Å². The van der Waals surface area contributed by atoms with Crippen LogP contribution in [0.25, 0.3) is 0 Å². The lowest BCUT2D eigenvalue weighted by atomic mass is 9.89. The first-order chi connectivity index (χ1) is 11.5. The molecule has 1 saturated heterocycles. The number of β-lactam (4-membered cyclic amide) rings is 1. The molecule has 0 unspecified atom stereocenters. The number of carbonyl (C=O) groups excluding carboxylic acids is 2. The molecule has 1 fully saturated rings. The Kier molecular flexibility index (Phi) is 4.25. The van der Waals surface area contributed by atoms with Crippen LogP contribution in [0.3, 0.4) is 0 Å². The fourth-order valence-corrected chi connectivity index (χ4v) is 2.87. The molecule has 2 atom stereocenters. The number of ether oxygens (including phenoxy) is 2. The van der Waals surface area contributed by atoms with Crippen molar-refractivity contribution < 1.29 is 19.1 Å². The third-order valence-corrected chi connectivity index (χ3v) is 4.11. The van der Waals surface area contributed by atoms with Crippen molar-refractivity contribution >= 4 is 17.6 Å². The quantitative estimate of drug-likeness (QED) is 0.640. The average Bonchev–Trinajstić information content (AvgIpc) is 2.58. The smallest absolute Gasteiger partial charge is 0.303 e. The molecule has 0 aliphatic carbocycles. The minimum Gasteiger partial charge on any atom is -0.497 e. The van der Waals surface area contributed by atoms with Crippen LogP contribution in [0.1, 0.15) is 24.1 Å². The molecule has 1 amide bonds. The van der Waals surface area contributed by atoms with Gasteiger partial charge in [-0.3, -0.25) is 14.5 Å². The Labute approximate surface area is 140 Å². The Bertz CT molecular complexity index is 752. The molecule has 2 aromatic carbocycles. The van der Waals surface area contributed by atoms with E-state index in [-0.39, 0.29) is 11.9 Å². The van der Waals surface area contributed by atoms with E-state index in [0.717, 1.165) is 22.6 Å². The Morgan fingerprint density at radius 2 is 1.67 bits per heavy atom. The topological polar surface area (TPSA) is 55.8 Å². The lowest BCUT2D eigenvalue weighted by Crippen LogP contribution is -2.60. The summed E-state index contributed by atoms with van der Waals surface area (Å²) in [7, 11) is 1.59. The van der Waals surface area contributed by atoms with E-state index in [2.05, 4.69) is 0 Å². The van der Waals surface area contributed by atoms with Crippen molar-refractivity contribution in [1.82, 2.24) is 0 Å². The van der Waals surface area contributed by atoms with Crippen LogP contribution in [0.15, 0.2) is 48.5 Å². The predicted molar refractivity (Wildman–Crippen MR) is 90.0 cm³/mol. The molecule has 5 nitrogen and oxygen atoms in total. The molecule has 1 aliphatic heterocycles. The van der Waals surface area contributed by atoms with Gasteiger partial charge in [0, 0.05) is 12.6 Å². The number of esters is 1. The van der Waals surface area contributed by atoms with E-state index in [9.17, 15) is 9.59 Å². The van der Waals surface area contributed by atoms with Crippen LogP contribution in [0.2, 0.25) is 0 Å². The predicted octanol–water partition coefficient (Wildman–Crippen LogP) is 3.02. The van der Waals surface area contributed by atoms with Crippen LogP contribution in [-0.4, -0.2) is 25.1 Å². The molecular weight excluding hydrogens is 306 g/mol. The van der Waals surface area contributed by atoms with Crippen LogP contribution in [0.4, 0.5) is 5.69 Å². The Morgan fingerprint density at radius 1 is 1.04 bits per heavy atom. The third-order valence-electron chi connectivity index (χ3n) is 4.11. The van der Waals surface area contributed by atoms with Crippen LogP contribution >= 0.6 is 0 Å². The number of nitrogens with zero attached hydrogens (tertiary/aromatic N) is 1. The number of benzene rings is 2. The number of aryl methyl sites for hydroxylation is 1. The van der Waals surface area contributed by atoms with Crippen molar-refractivity contribution in [2.24, 2.45) is 0 Å². The average molecular weight is 325 g/mol. The zero-order valence-corrected chi connectivity index (χ0v) is 13.9. The number of rotatable bonds is 4. The number of carbonyl (C=O) groups is 2. The highest BCUT2D eigenvalue weighted by molar-refractivity contribution is 6.06. The molecule has 2 aromatic rings. The first kappa shape index (κ1) is 16.1. The zero-order chi connectivity index (χ0) is 17.3. The van der Waals surface area contributed by atoms with Gasteiger partial charge in [0.15, 0.2) is 0 Å². The van der Waals surface area contributed by atoms with Crippen molar-refractivity contribution in [3.63, 3.8) is 0 Å². The second-order valence-corrected chi connectivity index (χ2v) is 5.79. The minimum atomic E-state index is -0.785. The fraction of sp³-hybridized carbons (Fsp3) is 0.263. The molecule has 0 radical (unpaired) electrons. The summed E-state index contributed by atoms with van der Waals surface area (Å²) in [5.41, 5.74) is 2.81. The molecule has 0 N–H and O–H groups in total. The van der Waals surface area contributed by atoms with Crippen molar-refractivity contribution in [2.75, 3.05) is 12.0 Å². The molecular formula is C19H19NO4. The Balaban J connectivity index is 1.95. The SMILES string of the molecule is COc1ccc(N2C(=O)[C@H](OC(C)=O)[C@@H]2c2ccc(C)cc2)cc1. The van der Waals surface area contributed by atoms with Crippen LogP contribution in [0.5, 0.6) is 5.75 Å². The summed E-state index contributed by atoms with van der Waals surface area (Å²) in [4.78, 5) is 25.5. The monoisotopic (exact) mass is 325 g/mol. The maximum Gasteiger partial charge on any atom is 0.303 e. The summed E-state index contributed by atoms with van der Waals surface area (Å²) in [6.45, 7) is 3.32. The number of amides is 1. The van der Waals surface area contributed by atoms with E-state index in [1.807, 2.05) is 43.3 Å². The van der Waals surface area contributed by atoms with E-state index < -0.39 is 12.1 Å². The van der Waals surface area contributed by atoms with Gasteiger partial charge in [0.05, 0.1) is 7.11 Å². The summed E-state index contributed by atoms with van der Waals surface area (Å²) in [6.07, 6.45) is -0.785. The number of methoxy groups -OCH3 is 1. The van der Waals surface area contributed by atoms with E-state index >= 15 is 0 Å². The first-order valence-electron chi connectivity index (χ1n) is 7.72. The van der Waals surface area contributed by atoms with Gasteiger partial charge in [0.25, 0.3) is 5.91 Å². The molecule has 0 aromatic heterocycles. The highest BCUT2D eigenvalue weighted by atomic mass is 16.6.